The van der Waals surface area contributed by atoms with Gasteiger partial charge in [0.05, 0.1) is 29.5 Å². The van der Waals surface area contributed by atoms with Crippen molar-refractivity contribution >= 4 is 17.3 Å². The minimum Gasteiger partial charge on any atom is -0.487 e. The van der Waals surface area contributed by atoms with Crippen LogP contribution in [0.1, 0.15) is 13.8 Å². The highest BCUT2D eigenvalue weighted by atomic mass is 35.5. The lowest BCUT2D eigenvalue weighted by Gasteiger charge is -2.17. The van der Waals surface area contributed by atoms with Crippen LogP contribution in [0.15, 0.2) is 18.2 Å². The lowest BCUT2D eigenvalue weighted by Crippen LogP contribution is -2.23. The molecule has 1 rings (SSSR count). The standard InChI is InChI=1S/C12H18ClNO3/c1-8(2)17-12-10(13)4-3-5-11(12)14-6-9(16)7-15/h3-5,8-9,14-16H,6-7H2,1-2H3. The van der Waals surface area contributed by atoms with Crippen molar-refractivity contribution in [2.45, 2.75) is 26.1 Å². The van der Waals surface area contributed by atoms with Gasteiger partial charge in [-0.1, -0.05) is 17.7 Å². The molecule has 0 radical (unpaired) electrons. The van der Waals surface area contributed by atoms with Gasteiger partial charge in [-0.25, -0.2) is 0 Å². The van der Waals surface area contributed by atoms with Gasteiger partial charge in [0.1, 0.15) is 0 Å². The molecular formula is C12H18ClNO3. The maximum absolute atomic E-state index is 9.28. The van der Waals surface area contributed by atoms with Crippen molar-refractivity contribution in [2.75, 3.05) is 18.5 Å². The molecule has 0 spiro atoms. The Kier molecular flexibility index (Phi) is 5.55. The molecule has 0 fully saturated rings. The number of para-hydroxylation sites is 1. The Morgan fingerprint density at radius 2 is 2.12 bits per heavy atom. The molecule has 0 aliphatic heterocycles. The van der Waals surface area contributed by atoms with Crippen LogP contribution in [0, 0.1) is 0 Å². The fourth-order valence-electron chi connectivity index (χ4n) is 1.30. The minimum absolute atomic E-state index is 0.0122. The highest BCUT2D eigenvalue weighted by Gasteiger charge is 2.11. The molecule has 1 aromatic carbocycles. The summed E-state index contributed by atoms with van der Waals surface area (Å²) in [6, 6.07) is 5.35. The van der Waals surface area contributed by atoms with E-state index in [9.17, 15) is 5.11 Å². The van der Waals surface area contributed by atoms with E-state index >= 15 is 0 Å². The van der Waals surface area contributed by atoms with E-state index in [1.54, 1.807) is 12.1 Å². The number of anilines is 1. The molecule has 1 aromatic rings. The van der Waals surface area contributed by atoms with E-state index in [0.717, 1.165) is 0 Å². The number of aliphatic hydroxyl groups excluding tert-OH is 2. The molecule has 0 saturated carbocycles. The van der Waals surface area contributed by atoms with Gasteiger partial charge in [-0.05, 0) is 26.0 Å². The summed E-state index contributed by atoms with van der Waals surface area (Å²) in [6.07, 6.45) is -0.793. The number of hydrogen-bond donors (Lipinski definition) is 3. The zero-order valence-corrected chi connectivity index (χ0v) is 10.7. The SMILES string of the molecule is CC(C)Oc1c(Cl)cccc1NCC(O)CO. The molecule has 0 saturated heterocycles. The highest BCUT2D eigenvalue weighted by molar-refractivity contribution is 6.32. The summed E-state index contributed by atoms with van der Waals surface area (Å²) < 4.78 is 5.60. The predicted molar refractivity (Wildman–Crippen MR) is 68.8 cm³/mol. The van der Waals surface area contributed by atoms with E-state index in [-0.39, 0.29) is 19.3 Å². The molecule has 0 amide bonds. The summed E-state index contributed by atoms with van der Waals surface area (Å²) in [7, 11) is 0. The Balaban J connectivity index is 2.79. The van der Waals surface area contributed by atoms with Crippen molar-refractivity contribution in [1.82, 2.24) is 0 Å². The molecular weight excluding hydrogens is 242 g/mol. The van der Waals surface area contributed by atoms with Gasteiger partial charge in [-0.15, -0.1) is 0 Å². The number of nitrogens with one attached hydrogen (secondary N) is 1. The highest BCUT2D eigenvalue weighted by Crippen LogP contribution is 2.33. The average molecular weight is 260 g/mol. The first-order chi connectivity index (χ1) is 8.04. The molecule has 0 aliphatic carbocycles. The average Bonchev–Trinajstić information content (AvgIpc) is 2.29. The van der Waals surface area contributed by atoms with Crippen LogP contribution in [-0.4, -0.2) is 35.6 Å². The zero-order chi connectivity index (χ0) is 12.8. The molecule has 0 aliphatic rings. The summed E-state index contributed by atoms with van der Waals surface area (Å²) in [5.41, 5.74) is 0.707. The number of benzene rings is 1. The van der Waals surface area contributed by atoms with Gasteiger partial charge in [0.25, 0.3) is 0 Å². The number of halogens is 1. The van der Waals surface area contributed by atoms with Crippen molar-refractivity contribution in [1.29, 1.82) is 0 Å². The number of hydrogen-bond acceptors (Lipinski definition) is 4. The largest absolute Gasteiger partial charge is 0.487 e. The molecule has 0 heterocycles. The second-order valence-electron chi connectivity index (χ2n) is 4.00. The van der Waals surface area contributed by atoms with Crippen molar-refractivity contribution in [3.63, 3.8) is 0 Å². The Morgan fingerprint density at radius 3 is 2.71 bits per heavy atom. The Bertz CT molecular complexity index is 358. The Labute approximate surface area is 106 Å². The third kappa shape index (κ3) is 4.42. The third-order valence-corrected chi connectivity index (χ3v) is 2.36. The van der Waals surface area contributed by atoms with Crippen LogP contribution >= 0.6 is 11.6 Å². The Morgan fingerprint density at radius 1 is 1.41 bits per heavy atom. The van der Waals surface area contributed by atoms with Crippen LogP contribution in [0.25, 0.3) is 0 Å². The van der Waals surface area contributed by atoms with Crippen LogP contribution in [0.2, 0.25) is 5.02 Å². The van der Waals surface area contributed by atoms with Crippen LogP contribution < -0.4 is 10.1 Å². The van der Waals surface area contributed by atoms with E-state index < -0.39 is 6.10 Å². The molecule has 5 heteroatoms. The summed E-state index contributed by atoms with van der Waals surface area (Å²) in [4.78, 5) is 0. The van der Waals surface area contributed by atoms with E-state index in [2.05, 4.69) is 5.32 Å². The van der Waals surface area contributed by atoms with Crippen LogP contribution in [0.4, 0.5) is 5.69 Å². The van der Waals surface area contributed by atoms with Gasteiger partial charge in [0.2, 0.25) is 0 Å². The first kappa shape index (κ1) is 14.1. The second kappa shape index (κ2) is 6.69. The maximum atomic E-state index is 9.28. The van der Waals surface area contributed by atoms with Gasteiger partial charge in [-0.2, -0.15) is 0 Å². The number of aliphatic hydroxyl groups is 2. The van der Waals surface area contributed by atoms with Gasteiger partial charge in [0.15, 0.2) is 5.75 Å². The monoisotopic (exact) mass is 259 g/mol. The fourth-order valence-corrected chi connectivity index (χ4v) is 1.51. The molecule has 1 unspecified atom stereocenters. The minimum atomic E-state index is -0.805. The lowest BCUT2D eigenvalue weighted by molar-refractivity contribution is 0.105. The van der Waals surface area contributed by atoms with Crippen LogP contribution in [0.5, 0.6) is 5.75 Å². The molecule has 0 aromatic heterocycles. The summed E-state index contributed by atoms with van der Waals surface area (Å²) >= 11 is 6.05. The lowest BCUT2D eigenvalue weighted by atomic mass is 10.2. The number of rotatable bonds is 6. The van der Waals surface area contributed by atoms with Crippen molar-refractivity contribution in [3.8, 4) is 5.75 Å². The smallest absolute Gasteiger partial charge is 0.161 e. The molecule has 1 atom stereocenters. The van der Waals surface area contributed by atoms with Gasteiger partial charge >= 0.3 is 0 Å². The topological polar surface area (TPSA) is 61.7 Å². The maximum Gasteiger partial charge on any atom is 0.161 e. The molecule has 96 valence electrons. The first-order valence-electron chi connectivity index (χ1n) is 5.52. The predicted octanol–water partition coefficient (Wildman–Crippen LogP) is 1.89. The summed E-state index contributed by atoms with van der Waals surface area (Å²) in [5.74, 6) is 0.564. The Hall–Kier alpha value is -0.970. The van der Waals surface area contributed by atoms with Gasteiger partial charge in [-0.3, -0.25) is 0 Å². The van der Waals surface area contributed by atoms with Gasteiger partial charge in [0, 0.05) is 6.54 Å². The van der Waals surface area contributed by atoms with E-state index in [1.165, 1.54) is 0 Å². The van der Waals surface area contributed by atoms with Crippen LogP contribution in [0.3, 0.4) is 0 Å². The van der Waals surface area contributed by atoms with Crippen molar-refractivity contribution in [3.05, 3.63) is 23.2 Å². The van der Waals surface area contributed by atoms with E-state index in [0.29, 0.717) is 16.5 Å². The first-order valence-corrected chi connectivity index (χ1v) is 5.90. The molecule has 3 N–H and O–H groups in total. The second-order valence-corrected chi connectivity index (χ2v) is 4.41. The third-order valence-electron chi connectivity index (χ3n) is 2.06. The zero-order valence-electron chi connectivity index (χ0n) is 9.98. The van der Waals surface area contributed by atoms with E-state index in [4.69, 9.17) is 21.4 Å². The fraction of sp³-hybridized carbons (Fsp3) is 0.500. The number of ether oxygens (including phenoxy) is 1. The summed E-state index contributed by atoms with van der Waals surface area (Å²) in [5, 5.41) is 21.5. The van der Waals surface area contributed by atoms with Gasteiger partial charge < -0.3 is 20.3 Å². The van der Waals surface area contributed by atoms with Crippen LogP contribution in [-0.2, 0) is 0 Å². The quantitative estimate of drug-likeness (QED) is 0.730. The van der Waals surface area contributed by atoms with Crippen molar-refractivity contribution in [2.24, 2.45) is 0 Å². The normalized spacial score (nSPS) is 12.6. The van der Waals surface area contributed by atoms with E-state index in [1.807, 2.05) is 19.9 Å². The summed E-state index contributed by atoms with van der Waals surface area (Å²) in [6.45, 7) is 3.78. The molecule has 17 heavy (non-hydrogen) atoms. The van der Waals surface area contributed by atoms with Crippen molar-refractivity contribution < 1.29 is 14.9 Å². The molecule has 0 bridgehead atoms. The molecule has 4 nitrogen and oxygen atoms in total.